The number of nitrogens with zero attached hydrogens (tertiary/aromatic N) is 4. The standard InChI is InChI=1S/C11H14ClN5S/c1-3-13-7-8-9(12)5-4-6-10(8)18-11-14-15-16-17(11)2/h4-6,13H,3,7H2,1-2H3. The van der Waals surface area contributed by atoms with Gasteiger partial charge in [-0.15, -0.1) is 5.10 Å². The van der Waals surface area contributed by atoms with Crippen LogP contribution in [-0.2, 0) is 13.6 Å². The van der Waals surface area contributed by atoms with Gasteiger partial charge in [0, 0.05) is 23.5 Å². The third kappa shape index (κ3) is 3.01. The molecule has 96 valence electrons. The third-order valence-electron chi connectivity index (χ3n) is 2.41. The van der Waals surface area contributed by atoms with Crippen LogP contribution in [0.5, 0.6) is 0 Å². The normalized spacial score (nSPS) is 10.8. The van der Waals surface area contributed by atoms with E-state index in [1.54, 1.807) is 4.68 Å². The van der Waals surface area contributed by atoms with Gasteiger partial charge in [-0.1, -0.05) is 24.6 Å². The van der Waals surface area contributed by atoms with E-state index in [9.17, 15) is 0 Å². The van der Waals surface area contributed by atoms with Crippen LogP contribution in [0.25, 0.3) is 0 Å². The summed E-state index contributed by atoms with van der Waals surface area (Å²) in [5, 5.41) is 16.2. The minimum atomic E-state index is 0.740. The minimum Gasteiger partial charge on any atom is -0.313 e. The second-order valence-corrected chi connectivity index (χ2v) is 5.10. The Kier molecular flexibility index (Phi) is 4.57. The first-order chi connectivity index (χ1) is 8.72. The van der Waals surface area contributed by atoms with Gasteiger partial charge in [-0.05, 0) is 46.4 Å². The van der Waals surface area contributed by atoms with E-state index in [1.165, 1.54) is 11.8 Å². The summed E-state index contributed by atoms with van der Waals surface area (Å²) in [6.45, 7) is 3.71. The molecule has 18 heavy (non-hydrogen) atoms. The largest absolute Gasteiger partial charge is 0.313 e. The zero-order valence-electron chi connectivity index (χ0n) is 10.2. The van der Waals surface area contributed by atoms with Crippen molar-refractivity contribution in [2.45, 2.75) is 23.5 Å². The van der Waals surface area contributed by atoms with Gasteiger partial charge in [0.25, 0.3) is 0 Å². The monoisotopic (exact) mass is 283 g/mol. The summed E-state index contributed by atoms with van der Waals surface area (Å²) in [5.74, 6) is 0. The second-order valence-electron chi connectivity index (χ2n) is 3.68. The van der Waals surface area contributed by atoms with Crippen molar-refractivity contribution in [3.63, 3.8) is 0 Å². The lowest BCUT2D eigenvalue weighted by molar-refractivity contribution is 0.664. The van der Waals surface area contributed by atoms with Crippen LogP contribution in [0.4, 0.5) is 0 Å². The van der Waals surface area contributed by atoms with E-state index in [1.807, 2.05) is 25.2 Å². The molecule has 0 aliphatic heterocycles. The smallest absolute Gasteiger partial charge is 0.213 e. The van der Waals surface area contributed by atoms with E-state index in [0.29, 0.717) is 0 Å². The average Bonchev–Trinajstić information content (AvgIpc) is 2.74. The van der Waals surface area contributed by atoms with E-state index in [4.69, 9.17) is 11.6 Å². The molecule has 0 unspecified atom stereocenters. The molecular weight excluding hydrogens is 270 g/mol. The van der Waals surface area contributed by atoms with Gasteiger partial charge in [-0.25, -0.2) is 4.68 Å². The van der Waals surface area contributed by atoms with Crippen LogP contribution in [0.3, 0.4) is 0 Å². The van der Waals surface area contributed by atoms with Crippen molar-refractivity contribution >= 4 is 23.4 Å². The lowest BCUT2D eigenvalue weighted by Gasteiger charge is -2.10. The predicted octanol–water partition coefficient (Wildman–Crippen LogP) is 2.12. The lowest BCUT2D eigenvalue weighted by atomic mass is 10.2. The number of aromatic nitrogens is 4. The molecule has 0 aliphatic carbocycles. The van der Waals surface area contributed by atoms with Gasteiger partial charge >= 0.3 is 0 Å². The molecule has 0 bridgehead atoms. The van der Waals surface area contributed by atoms with Crippen molar-refractivity contribution in [3.8, 4) is 0 Å². The van der Waals surface area contributed by atoms with Gasteiger partial charge in [0.15, 0.2) is 0 Å². The average molecular weight is 284 g/mol. The number of rotatable bonds is 5. The topological polar surface area (TPSA) is 55.6 Å². The van der Waals surface area contributed by atoms with E-state index < -0.39 is 0 Å². The fraction of sp³-hybridized carbons (Fsp3) is 0.364. The molecule has 0 aliphatic rings. The van der Waals surface area contributed by atoms with Crippen molar-refractivity contribution < 1.29 is 0 Å². The van der Waals surface area contributed by atoms with Crippen LogP contribution in [0.2, 0.25) is 5.02 Å². The summed E-state index contributed by atoms with van der Waals surface area (Å²) in [7, 11) is 1.82. The highest BCUT2D eigenvalue weighted by Crippen LogP contribution is 2.32. The Morgan fingerprint density at radius 1 is 1.44 bits per heavy atom. The number of tetrazole rings is 1. The molecule has 2 rings (SSSR count). The fourth-order valence-electron chi connectivity index (χ4n) is 1.46. The minimum absolute atomic E-state index is 0.740. The Hall–Kier alpha value is -1.11. The van der Waals surface area contributed by atoms with Gasteiger partial charge < -0.3 is 5.32 Å². The summed E-state index contributed by atoms with van der Waals surface area (Å²) in [6, 6.07) is 5.86. The van der Waals surface area contributed by atoms with Crippen LogP contribution in [0.15, 0.2) is 28.3 Å². The van der Waals surface area contributed by atoms with E-state index in [2.05, 4.69) is 27.8 Å². The van der Waals surface area contributed by atoms with Crippen molar-refractivity contribution in [2.24, 2.45) is 7.05 Å². The maximum Gasteiger partial charge on any atom is 0.213 e. The number of nitrogens with one attached hydrogen (secondary N) is 1. The maximum atomic E-state index is 6.23. The number of hydrogen-bond acceptors (Lipinski definition) is 5. The SMILES string of the molecule is CCNCc1c(Cl)cccc1Sc1nnnn1C. The molecule has 1 aromatic heterocycles. The van der Waals surface area contributed by atoms with Gasteiger partial charge in [0.1, 0.15) is 0 Å². The van der Waals surface area contributed by atoms with E-state index in [-0.39, 0.29) is 0 Å². The highest BCUT2D eigenvalue weighted by molar-refractivity contribution is 7.99. The first-order valence-electron chi connectivity index (χ1n) is 5.60. The van der Waals surface area contributed by atoms with E-state index in [0.717, 1.165) is 33.7 Å². The first-order valence-corrected chi connectivity index (χ1v) is 6.80. The number of benzene rings is 1. The molecule has 2 aromatic rings. The fourth-order valence-corrected chi connectivity index (χ4v) is 2.65. The maximum absolute atomic E-state index is 6.23. The van der Waals surface area contributed by atoms with Crippen molar-refractivity contribution in [2.75, 3.05) is 6.54 Å². The lowest BCUT2D eigenvalue weighted by Crippen LogP contribution is -2.12. The molecule has 5 nitrogen and oxygen atoms in total. The highest BCUT2D eigenvalue weighted by atomic mass is 35.5. The van der Waals surface area contributed by atoms with Crippen LogP contribution in [0, 0.1) is 0 Å². The molecule has 1 N–H and O–H groups in total. The van der Waals surface area contributed by atoms with E-state index >= 15 is 0 Å². The Morgan fingerprint density at radius 2 is 2.28 bits per heavy atom. The molecule has 0 fully saturated rings. The second kappa shape index (κ2) is 6.17. The molecule has 0 saturated carbocycles. The molecule has 1 heterocycles. The van der Waals surface area contributed by atoms with Gasteiger partial charge in [-0.3, -0.25) is 0 Å². The highest BCUT2D eigenvalue weighted by Gasteiger charge is 2.11. The van der Waals surface area contributed by atoms with Crippen molar-refractivity contribution in [1.82, 2.24) is 25.5 Å². The summed E-state index contributed by atoms with van der Waals surface area (Å²) in [6.07, 6.45) is 0. The van der Waals surface area contributed by atoms with Crippen molar-refractivity contribution in [3.05, 3.63) is 28.8 Å². The van der Waals surface area contributed by atoms with Crippen LogP contribution < -0.4 is 5.32 Å². The number of hydrogen-bond donors (Lipinski definition) is 1. The molecular formula is C11H14ClN5S. The Balaban J connectivity index is 2.26. The molecule has 0 atom stereocenters. The van der Waals surface area contributed by atoms with Crippen LogP contribution >= 0.6 is 23.4 Å². The van der Waals surface area contributed by atoms with Gasteiger partial charge in [-0.2, -0.15) is 0 Å². The zero-order valence-corrected chi connectivity index (χ0v) is 11.8. The zero-order chi connectivity index (χ0) is 13.0. The third-order valence-corrected chi connectivity index (χ3v) is 3.90. The Morgan fingerprint density at radius 3 is 2.94 bits per heavy atom. The molecule has 0 saturated heterocycles. The van der Waals surface area contributed by atoms with Gasteiger partial charge in [0.05, 0.1) is 0 Å². The molecule has 0 radical (unpaired) electrons. The summed E-state index contributed by atoms with van der Waals surface area (Å²) < 4.78 is 1.64. The quantitative estimate of drug-likeness (QED) is 0.911. The number of aryl methyl sites for hydroxylation is 1. The summed E-state index contributed by atoms with van der Waals surface area (Å²) in [4.78, 5) is 1.07. The Bertz CT molecular complexity index is 528. The number of halogens is 1. The molecule has 7 heteroatoms. The summed E-state index contributed by atoms with van der Waals surface area (Å²) in [5.41, 5.74) is 1.08. The first kappa shape index (κ1) is 13.3. The molecule has 0 amide bonds. The Labute approximate surface area is 115 Å². The van der Waals surface area contributed by atoms with Crippen molar-refractivity contribution in [1.29, 1.82) is 0 Å². The molecule has 1 aromatic carbocycles. The predicted molar refractivity (Wildman–Crippen MR) is 71.8 cm³/mol. The summed E-state index contributed by atoms with van der Waals surface area (Å²) >= 11 is 7.75. The van der Waals surface area contributed by atoms with Crippen LogP contribution in [-0.4, -0.2) is 26.8 Å². The van der Waals surface area contributed by atoms with Gasteiger partial charge in [0.2, 0.25) is 5.16 Å². The van der Waals surface area contributed by atoms with Crippen LogP contribution in [0.1, 0.15) is 12.5 Å². The molecule has 0 spiro atoms.